The maximum absolute atomic E-state index is 12.4. The molecule has 0 atom stereocenters. The highest BCUT2D eigenvalue weighted by Gasteiger charge is 2.15. The van der Waals surface area contributed by atoms with Gasteiger partial charge in [-0.05, 0) is 30.3 Å². The number of carbonyl (C=O) groups is 1. The van der Waals surface area contributed by atoms with Crippen LogP contribution in [0.5, 0.6) is 5.75 Å². The van der Waals surface area contributed by atoms with E-state index in [1.54, 1.807) is 24.3 Å². The third-order valence-corrected chi connectivity index (χ3v) is 3.72. The molecule has 5 nitrogen and oxygen atoms in total. The van der Waals surface area contributed by atoms with E-state index in [2.05, 4.69) is 14.1 Å². The van der Waals surface area contributed by atoms with Crippen LogP contribution < -0.4 is 10.1 Å². The largest absolute Gasteiger partial charge is 0.496 e. The molecule has 0 aliphatic carbocycles. The number of methoxy groups -OCH3 is 1. The summed E-state index contributed by atoms with van der Waals surface area (Å²) in [6.45, 7) is 0. The van der Waals surface area contributed by atoms with E-state index in [9.17, 15) is 4.79 Å². The van der Waals surface area contributed by atoms with Crippen LogP contribution in [0.15, 0.2) is 36.4 Å². The molecule has 3 aromatic rings. The van der Waals surface area contributed by atoms with Crippen molar-refractivity contribution in [3.05, 3.63) is 47.0 Å². The highest BCUT2D eigenvalue weighted by atomic mass is 35.5. The lowest BCUT2D eigenvalue weighted by Crippen LogP contribution is -2.13. The first-order valence-electron chi connectivity index (χ1n) is 6.05. The van der Waals surface area contributed by atoms with Gasteiger partial charge in [-0.15, -0.1) is 0 Å². The molecule has 21 heavy (non-hydrogen) atoms. The molecule has 0 aliphatic heterocycles. The third kappa shape index (κ3) is 2.68. The van der Waals surface area contributed by atoms with Gasteiger partial charge in [0.25, 0.3) is 5.91 Å². The summed E-state index contributed by atoms with van der Waals surface area (Å²) in [6, 6.07) is 10.3. The molecule has 0 bridgehead atoms. The van der Waals surface area contributed by atoms with Crippen molar-refractivity contribution in [3.8, 4) is 5.75 Å². The van der Waals surface area contributed by atoms with Crippen molar-refractivity contribution in [3.63, 3.8) is 0 Å². The first kappa shape index (κ1) is 13.8. The van der Waals surface area contributed by atoms with Crippen molar-refractivity contribution in [1.82, 2.24) is 8.75 Å². The molecule has 0 saturated carbocycles. The number of nitrogens with zero attached hydrogens (tertiary/aromatic N) is 2. The van der Waals surface area contributed by atoms with Gasteiger partial charge in [0.1, 0.15) is 16.8 Å². The van der Waals surface area contributed by atoms with Gasteiger partial charge in [0, 0.05) is 5.02 Å². The smallest absolute Gasteiger partial charge is 0.259 e. The highest BCUT2D eigenvalue weighted by Crippen LogP contribution is 2.26. The average Bonchev–Trinajstić information content (AvgIpc) is 2.96. The third-order valence-electron chi connectivity index (χ3n) is 2.94. The van der Waals surface area contributed by atoms with Gasteiger partial charge in [0.15, 0.2) is 0 Å². The standard InChI is InChI=1S/C14H10ClN3O2S/c1-20-12-6-5-8(15)7-9(12)14(19)16-10-3-2-4-11-13(10)18-21-17-11/h2-7H,1H3,(H,16,19). The van der Waals surface area contributed by atoms with Crippen molar-refractivity contribution < 1.29 is 9.53 Å². The molecule has 2 aromatic carbocycles. The quantitative estimate of drug-likeness (QED) is 0.801. The maximum Gasteiger partial charge on any atom is 0.259 e. The topological polar surface area (TPSA) is 64.1 Å². The Bertz CT molecular complexity index is 819. The number of benzene rings is 2. The molecule has 0 saturated heterocycles. The summed E-state index contributed by atoms with van der Waals surface area (Å²) in [4.78, 5) is 12.4. The zero-order valence-electron chi connectivity index (χ0n) is 11.0. The number of hydrogen-bond donors (Lipinski definition) is 1. The lowest BCUT2D eigenvalue weighted by atomic mass is 10.1. The van der Waals surface area contributed by atoms with Crippen LogP contribution in [0.25, 0.3) is 11.0 Å². The minimum Gasteiger partial charge on any atom is -0.496 e. The summed E-state index contributed by atoms with van der Waals surface area (Å²) in [5.74, 6) is 0.148. The Hall–Kier alpha value is -2.18. The van der Waals surface area contributed by atoms with Gasteiger partial charge in [-0.3, -0.25) is 4.79 Å². The van der Waals surface area contributed by atoms with Gasteiger partial charge >= 0.3 is 0 Å². The Morgan fingerprint density at radius 1 is 1.29 bits per heavy atom. The van der Waals surface area contributed by atoms with E-state index in [0.29, 0.717) is 27.5 Å². The molecule has 3 rings (SSSR count). The van der Waals surface area contributed by atoms with E-state index in [1.807, 2.05) is 12.1 Å². The van der Waals surface area contributed by atoms with Crippen molar-refractivity contribution >= 4 is 46.0 Å². The second-order valence-electron chi connectivity index (χ2n) is 4.24. The molecule has 1 N–H and O–H groups in total. The minimum atomic E-state index is -0.310. The highest BCUT2D eigenvalue weighted by molar-refractivity contribution is 7.00. The number of ether oxygens (including phenoxy) is 1. The first-order chi connectivity index (χ1) is 10.2. The number of amides is 1. The molecule has 0 aliphatic rings. The summed E-state index contributed by atoms with van der Waals surface area (Å²) in [5, 5.41) is 3.28. The predicted octanol–water partition coefficient (Wildman–Crippen LogP) is 3.61. The number of carbonyl (C=O) groups excluding carboxylic acids is 1. The average molecular weight is 320 g/mol. The fourth-order valence-electron chi connectivity index (χ4n) is 1.95. The molecule has 1 amide bonds. The van der Waals surface area contributed by atoms with Crippen LogP contribution in [-0.4, -0.2) is 21.8 Å². The number of nitrogens with one attached hydrogen (secondary N) is 1. The molecule has 1 aromatic heterocycles. The maximum atomic E-state index is 12.4. The van der Waals surface area contributed by atoms with Crippen LogP contribution in [0.4, 0.5) is 5.69 Å². The zero-order chi connectivity index (χ0) is 14.8. The normalized spacial score (nSPS) is 10.6. The van der Waals surface area contributed by atoms with E-state index in [1.165, 1.54) is 7.11 Å². The number of aromatic nitrogens is 2. The summed E-state index contributed by atoms with van der Waals surface area (Å²) >= 11 is 7.05. The summed E-state index contributed by atoms with van der Waals surface area (Å²) in [7, 11) is 1.51. The van der Waals surface area contributed by atoms with E-state index in [4.69, 9.17) is 16.3 Å². The Morgan fingerprint density at radius 2 is 2.14 bits per heavy atom. The molecular weight excluding hydrogens is 310 g/mol. The van der Waals surface area contributed by atoms with Crippen LogP contribution in [0, 0.1) is 0 Å². The fourth-order valence-corrected chi connectivity index (χ4v) is 2.68. The Kier molecular flexibility index (Phi) is 3.72. The van der Waals surface area contributed by atoms with Crippen molar-refractivity contribution in [1.29, 1.82) is 0 Å². The molecular formula is C14H10ClN3O2S. The van der Waals surface area contributed by atoms with Crippen LogP contribution in [-0.2, 0) is 0 Å². The van der Waals surface area contributed by atoms with E-state index < -0.39 is 0 Å². The summed E-state index contributed by atoms with van der Waals surface area (Å²) < 4.78 is 13.5. The molecule has 0 radical (unpaired) electrons. The van der Waals surface area contributed by atoms with Crippen molar-refractivity contribution in [2.75, 3.05) is 12.4 Å². The van der Waals surface area contributed by atoms with E-state index >= 15 is 0 Å². The van der Waals surface area contributed by atoms with Crippen LogP contribution >= 0.6 is 23.3 Å². The van der Waals surface area contributed by atoms with Crippen LogP contribution in [0.2, 0.25) is 5.02 Å². The van der Waals surface area contributed by atoms with Gasteiger partial charge in [-0.1, -0.05) is 17.7 Å². The Balaban J connectivity index is 1.97. The van der Waals surface area contributed by atoms with E-state index in [0.717, 1.165) is 17.2 Å². The number of hydrogen-bond acceptors (Lipinski definition) is 5. The second-order valence-corrected chi connectivity index (χ2v) is 5.20. The molecule has 1 heterocycles. The molecule has 0 unspecified atom stereocenters. The Morgan fingerprint density at radius 3 is 2.95 bits per heavy atom. The van der Waals surface area contributed by atoms with Crippen molar-refractivity contribution in [2.24, 2.45) is 0 Å². The number of fused-ring (bicyclic) bond motifs is 1. The van der Waals surface area contributed by atoms with Gasteiger partial charge in [0.05, 0.1) is 30.1 Å². The van der Waals surface area contributed by atoms with E-state index in [-0.39, 0.29) is 5.91 Å². The molecule has 7 heteroatoms. The van der Waals surface area contributed by atoms with Crippen molar-refractivity contribution in [2.45, 2.75) is 0 Å². The lowest BCUT2D eigenvalue weighted by Gasteiger charge is -2.10. The SMILES string of the molecule is COc1ccc(Cl)cc1C(=O)Nc1cccc2nsnc12. The predicted molar refractivity (Wildman–Crippen MR) is 83.4 cm³/mol. The Labute approximate surface area is 129 Å². The number of rotatable bonds is 3. The monoisotopic (exact) mass is 319 g/mol. The second kappa shape index (κ2) is 5.67. The van der Waals surface area contributed by atoms with Gasteiger partial charge < -0.3 is 10.1 Å². The number of anilines is 1. The minimum absolute atomic E-state index is 0.310. The van der Waals surface area contributed by atoms with Gasteiger partial charge in [-0.25, -0.2) is 0 Å². The number of halogens is 1. The van der Waals surface area contributed by atoms with Gasteiger partial charge in [0.2, 0.25) is 0 Å². The summed E-state index contributed by atoms with van der Waals surface area (Å²) in [6.07, 6.45) is 0. The van der Waals surface area contributed by atoms with Gasteiger partial charge in [-0.2, -0.15) is 8.75 Å². The zero-order valence-corrected chi connectivity index (χ0v) is 12.5. The lowest BCUT2D eigenvalue weighted by molar-refractivity contribution is 0.102. The summed E-state index contributed by atoms with van der Waals surface area (Å²) in [5.41, 5.74) is 2.38. The fraction of sp³-hybridized carbons (Fsp3) is 0.0714. The van der Waals surface area contributed by atoms with Crippen LogP contribution in [0.1, 0.15) is 10.4 Å². The molecule has 0 fully saturated rings. The van der Waals surface area contributed by atoms with Crippen LogP contribution in [0.3, 0.4) is 0 Å². The molecule has 0 spiro atoms. The molecule has 106 valence electrons. The first-order valence-corrected chi connectivity index (χ1v) is 7.16.